The molecule has 0 fully saturated rings. The summed E-state index contributed by atoms with van der Waals surface area (Å²) in [6.07, 6.45) is 0. The molecular weight excluding hydrogens is 438 g/mol. The number of carbonyl (C=O) groups excluding carboxylic acids is 1. The minimum atomic E-state index is -1.49. The first kappa shape index (κ1) is 19.8. The average molecular weight is 453 g/mol. The first-order valence-corrected chi connectivity index (χ1v) is 10.4. The number of carbonyl (C=O) groups is 1. The molecule has 0 bridgehead atoms. The quantitative estimate of drug-likeness (QED) is 0.242. The number of phenolic OH excluding ortho intramolecular Hbond substituents is 2. The Morgan fingerprint density at radius 1 is 0.765 bits per heavy atom. The highest BCUT2D eigenvalue weighted by atomic mass is 16.6. The van der Waals surface area contributed by atoms with E-state index in [9.17, 15) is 25.1 Å². The number of nitrogens with zero attached hydrogens (tertiary/aromatic N) is 1. The van der Waals surface area contributed by atoms with Crippen molar-refractivity contribution in [2.45, 2.75) is 5.60 Å². The maximum Gasteiger partial charge on any atom is 0.341 e. The molecule has 4 aromatic carbocycles. The van der Waals surface area contributed by atoms with E-state index < -0.39 is 16.5 Å². The number of nitro benzene ring substituents is 1. The van der Waals surface area contributed by atoms with Gasteiger partial charge in [-0.05, 0) is 35.9 Å². The van der Waals surface area contributed by atoms with Crippen molar-refractivity contribution in [3.63, 3.8) is 0 Å². The van der Waals surface area contributed by atoms with E-state index in [1.54, 1.807) is 42.5 Å². The third-order valence-corrected chi connectivity index (χ3v) is 6.18. The number of hydrogen-bond acceptors (Lipinski definition) is 7. The van der Waals surface area contributed by atoms with Crippen LogP contribution < -0.4 is 4.74 Å². The van der Waals surface area contributed by atoms with Gasteiger partial charge in [0.1, 0.15) is 23.0 Å². The summed E-state index contributed by atoms with van der Waals surface area (Å²) in [7, 11) is 0. The summed E-state index contributed by atoms with van der Waals surface area (Å²) in [6.45, 7) is 0. The summed E-state index contributed by atoms with van der Waals surface area (Å²) in [5.74, 6) is -0.374. The van der Waals surface area contributed by atoms with Crippen LogP contribution in [-0.2, 0) is 10.3 Å². The summed E-state index contributed by atoms with van der Waals surface area (Å²) < 4.78 is 12.0. The Labute approximate surface area is 192 Å². The molecule has 6 rings (SSSR count). The van der Waals surface area contributed by atoms with Crippen molar-refractivity contribution in [1.82, 2.24) is 0 Å². The molecule has 0 radical (unpaired) electrons. The standard InChI is InChI=1S/C26H15NO7/c28-15-6-8-17-21(12-15)33-22-13-16(29)7-9-18(22)26(17)19-10-11-20(27(31)32)23(24(19)25(30)34-26)14-4-2-1-3-5-14/h1-13,28-29H. The molecule has 2 heterocycles. The van der Waals surface area contributed by atoms with E-state index in [4.69, 9.17) is 9.47 Å². The van der Waals surface area contributed by atoms with Crippen molar-refractivity contribution in [3.05, 3.63) is 111 Å². The van der Waals surface area contributed by atoms with Crippen LogP contribution in [0.25, 0.3) is 11.1 Å². The van der Waals surface area contributed by atoms with Crippen LogP contribution in [0.2, 0.25) is 0 Å². The van der Waals surface area contributed by atoms with Gasteiger partial charge in [0.05, 0.1) is 16.1 Å². The van der Waals surface area contributed by atoms with E-state index in [0.29, 0.717) is 22.3 Å². The second-order valence-electron chi connectivity index (χ2n) is 8.04. The Morgan fingerprint density at radius 3 is 1.94 bits per heavy atom. The lowest BCUT2D eigenvalue weighted by Gasteiger charge is -2.36. The van der Waals surface area contributed by atoms with E-state index >= 15 is 0 Å². The molecule has 8 heteroatoms. The van der Waals surface area contributed by atoms with Crippen LogP contribution in [0.4, 0.5) is 5.69 Å². The van der Waals surface area contributed by atoms with Crippen LogP contribution in [-0.4, -0.2) is 21.1 Å². The van der Waals surface area contributed by atoms with Crippen molar-refractivity contribution in [2.24, 2.45) is 0 Å². The van der Waals surface area contributed by atoms with Gasteiger partial charge in [0.25, 0.3) is 5.69 Å². The van der Waals surface area contributed by atoms with Gasteiger partial charge in [0.15, 0.2) is 5.60 Å². The molecule has 8 nitrogen and oxygen atoms in total. The lowest BCUT2D eigenvalue weighted by molar-refractivity contribution is -0.384. The number of rotatable bonds is 2. The van der Waals surface area contributed by atoms with Gasteiger partial charge in [-0.2, -0.15) is 0 Å². The summed E-state index contributed by atoms with van der Waals surface area (Å²) in [4.78, 5) is 24.9. The highest BCUT2D eigenvalue weighted by molar-refractivity contribution is 6.05. The molecule has 0 saturated carbocycles. The molecule has 2 N–H and O–H groups in total. The van der Waals surface area contributed by atoms with E-state index in [2.05, 4.69) is 0 Å². The zero-order valence-corrected chi connectivity index (χ0v) is 17.4. The molecule has 0 aromatic heterocycles. The number of esters is 1. The monoisotopic (exact) mass is 453 g/mol. The smallest absolute Gasteiger partial charge is 0.341 e. The molecule has 0 aliphatic carbocycles. The van der Waals surface area contributed by atoms with Gasteiger partial charge in [-0.25, -0.2) is 4.79 Å². The van der Waals surface area contributed by atoms with Crippen molar-refractivity contribution >= 4 is 11.7 Å². The van der Waals surface area contributed by atoms with Gasteiger partial charge in [-0.15, -0.1) is 0 Å². The zero-order valence-electron chi connectivity index (χ0n) is 17.4. The minimum Gasteiger partial charge on any atom is -0.508 e. The lowest BCUT2D eigenvalue weighted by atomic mass is 9.76. The van der Waals surface area contributed by atoms with Gasteiger partial charge < -0.3 is 19.7 Å². The number of ether oxygens (including phenoxy) is 2. The highest BCUT2D eigenvalue weighted by Crippen LogP contribution is 2.58. The molecule has 166 valence electrons. The number of hydrogen-bond donors (Lipinski definition) is 2. The van der Waals surface area contributed by atoms with Crippen LogP contribution in [0.5, 0.6) is 23.0 Å². The van der Waals surface area contributed by atoms with Crippen LogP contribution >= 0.6 is 0 Å². The van der Waals surface area contributed by atoms with Gasteiger partial charge >= 0.3 is 5.97 Å². The van der Waals surface area contributed by atoms with Gasteiger partial charge in [-0.1, -0.05) is 30.3 Å². The SMILES string of the molecule is O=C1OC2(c3ccc(O)cc3Oc3cc(O)ccc32)c2ccc([N+](=O)[O-])c(-c3ccccc3)c21. The summed E-state index contributed by atoms with van der Waals surface area (Å²) in [5, 5.41) is 32.0. The van der Waals surface area contributed by atoms with Crippen molar-refractivity contribution in [3.8, 4) is 34.1 Å². The fourth-order valence-electron chi connectivity index (χ4n) is 4.83. The number of aromatic hydroxyl groups is 2. The Bertz CT molecular complexity index is 1480. The van der Waals surface area contributed by atoms with Gasteiger partial charge in [-0.3, -0.25) is 10.1 Å². The maximum absolute atomic E-state index is 13.5. The maximum atomic E-state index is 13.5. The Morgan fingerprint density at radius 2 is 1.35 bits per heavy atom. The van der Waals surface area contributed by atoms with Crippen LogP contribution in [0.15, 0.2) is 78.9 Å². The second-order valence-corrected chi connectivity index (χ2v) is 8.04. The molecule has 1 spiro atoms. The van der Waals surface area contributed by atoms with E-state index in [1.165, 1.54) is 36.4 Å². The molecule has 2 aliphatic heterocycles. The Kier molecular flexibility index (Phi) is 3.97. The zero-order chi connectivity index (χ0) is 23.6. The van der Waals surface area contributed by atoms with E-state index in [-0.39, 0.29) is 39.8 Å². The molecular formula is C26H15NO7. The number of nitro groups is 1. The van der Waals surface area contributed by atoms with Crippen molar-refractivity contribution < 1.29 is 29.4 Å². The molecule has 0 unspecified atom stereocenters. The van der Waals surface area contributed by atoms with Gasteiger partial charge in [0, 0.05) is 34.9 Å². The molecule has 4 aromatic rings. The fourth-order valence-corrected chi connectivity index (χ4v) is 4.83. The topological polar surface area (TPSA) is 119 Å². The minimum absolute atomic E-state index is 0.0595. The third kappa shape index (κ3) is 2.56. The number of phenols is 2. The summed E-state index contributed by atoms with van der Waals surface area (Å²) in [6, 6.07) is 20.4. The molecule has 0 saturated heterocycles. The number of benzene rings is 4. The molecule has 0 amide bonds. The Hall–Kier alpha value is -4.85. The van der Waals surface area contributed by atoms with Crippen LogP contribution in [0.3, 0.4) is 0 Å². The molecule has 0 atom stereocenters. The van der Waals surface area contributed by atoms with Crippen LogP contribution in [0.1, 0.15) is 27.0 Å². The third-order valence-electron chi connectivity index (χ3n) is 6.18. The first-order chi connectivity index (χ1) is 16.4. The average Bonchev–Trinajstić information content (AvgIpc) is 3.11. The first-order valence-electron chi connectivity index (χ1n) is 10.4. The van der Waals surface area contributed by atoms with E-state index in [1.807, 2.05) is 0 Å². The lowest BCUT2D eigenvalue weighted by Crippen LogP contribution is -2.32. The number of fused-ring (bicyclic) bond motifs is 6. The fraction of sp³-hybridized carbons (Fsp3) is 0.0385. The Balaban J connectivity index is 1.74. The highest BCUT2D eigenvalue weighted by Gasteiger charge is 2.55. The van der Waals surface area contributed by atoms with Crippen molar-refractivity contribution in [1.29, 1.82) is 0 Å². The largest absolute Gasteiger partial charge is 0.508 e. The van der Waals surface area contributed by atoms with Gasteiger partial charge in [0.2, 0.25) is 0 Å². The second kappa shape index (κ2) is 6.82. The van der Waals surface area contributed by atoms with Crippen molar-refractivity contribution in [2.75, 3.05) is 0 Å². The normalized spacial score (nSPS) is 14.5. The van der Waals surface area contributed by atoms with E-state index in [0.717, 1.165) is 0 Å². The van der Waals surface area contributed by atoms with Crippen LogP contribution in [0, 0.1) is 10.1 Å². The molecule has 34 heavy (non-hydrogen) atoms. The predicted molar refractivity (Wildman–Crippen MR) is 120 cm³/mol. The summed E-state index contributed by atoms with van der Waals surface area (Å²) >= 11 is 0. The molecule has 2 aliphatic rings. The summed E-state index contributed by atoms with van der Waals surface area (Å²) in [5.41, 5.74) is 0.343. The predicted octanol–water partition coefficient (Wildman–Crippen LogP) is 5.24.